The molecule has 1 aromatic carbocycles. The SMILES string of the molecule is CC(=O)N(C(C)C)C(C)(C(=O)O)c1cccc(F)c1F. The highest BCUT2D eigenvalue weighted by Gasteiger charge is 2.46. The molecule has 0 aliphatic carbocycles. The Morgan fingerprint density at radius 1 is 1.30 bits per heavy atom. The van der Waals surface area contributed by atoms with E-state index in [1.807, 2.05) is 0 Å². The third-order valence-corrected chi connectivity index (χ3v) is 3.23. The summed E-state index contributed by atoms with van der Waals surface area (Å²) in [6.07, 6.45) is 0. The zero-order valence-electron chi connectivity index (χ0n) is 11.8. The minimum Gasteiger partial charge on any atom is -0.479 e. The van der Waals surface area contributed by atoms with Crippen LogP contribution in [0.25, 0.3) is 0 Å². The van der Waals surface area contributed by atoms with E-state index >= 15 is 0 Å². The van der Waals surface area contributed by atoms with Crippen LogP contribution in [0.4, 0.5) is 8.78 Å². The first-order valence-electron chi connectivity index (χ1n) is 6.11. The number of amides is 1. The van der Waals surface area contributed by atoms with Gasteiger partial charge in [0, 0.05) is 18.5 Å². The molecule has 1 atom stereocenters. The van der Waals surface area contributed by atoms with Gasteiger partial charge in [-0.1, -0.05) is 12.1 Å². The maximum atomic E-state index is 14.0. The van der Waals surface area contributed by atoms with Gasteiger partial charge in [-0.15, -0.1) is 0 Å². The summed E-state index contributed by atoms with van der Waals surface area (Å²) in [5, 5.41) is 9.49. The summed E-state index contributed by atoms with van der Waals surface area (Å²) in [5.41, 5.74) is -2.36. The Balaban J connectivity index is 3.61. The Labute approximate surface area is 116 Å². The normalized spacial score (nSPS) is 13.9. The highest BCUT2D eigenvalue weighted by molar-refractivity contribution is 5.87. The molecule has 0 saturated carbocycles. The van der Waals surface area contributed by atoms with Crippen molar-refractivity contribution in [1.29, 1.82) is 0 Å². The van der Waals surface area contributed by atoms with Crippen molar-refractivity contribution in [3.05, 3.63) is 35.4 Å². The standard InChI is InChI=1S/C14H17F2NO3/c1-8(2)17(9(3)18)14(4,13(19)20)10-6-5-7-11(15)12(10)16/h5-8H,1-4H3,(H,19,20). The molecule has 20 heavy (non-hydrogen) atoms. The van der Waals surface area contributed by atoms with E-state index in [1.165, 1.54) is 26.0 Å². The Morgan fingerprint density at radius 2 is 1.85 bits per heavy atom. The highest BCUT2D eigenvalue weighted by Crippen LogP contribution is 2.33. The summed E-state index contributed by atoms with van der Waals surface area (Å²) in [5.74, 6) is -4.37. The minimum atomic E-state index is -1.98. The molecule has 0 saturated heterocycles. The van der Waals surface area contributed by atoms with Crippen LogP contribution in [-0.4, -0.2) is 27.9 Å². The first-order valence-corrected chi connectivity index (χ1v) is 6.11. The number of aliphatic carboxylic acids is 1. The molecule has 0 fully saturated rings. The molecule has 1 aromatic rings. The summed E-state index contributed by atoms with van der Waals surface area (Å²) in [6, 6.07) is 2.80. The maximum absolute atomic E-state index is 14.0. The van der Waals surface area contributed by atoms with Gasteiger partial charge in [0.15, 0.2) is 17.2 Å². The van der Waals surface area contributed by atoms with E-state index in [9.17, 15) is 23.5 Å². The van der Waals surface area contributed by atoms with Crippen molar-refractivity contribution in [2.75, 3.05) is 0 Å². The van der Waals surface area contributed by atoms with Crippen LogP contribution in [0.2, 0.25) is 0 Å². The van der Waals surface area contributed by atoms with Crippen molar-refractivity contribution < 1.29 is 23.5 Å². The van der Waals surface area contributed by atoms with Gasteiger partial charge in [-0.3, -0.25) is 4.79 Å². The van der Waals surface area contributed by atoms with Gasteiger partial charge in [-0.2, -0.15) is 0 Å². The number of carboxylic acid groups (broad SMARTS) is 1. The van der Waals surface area contributed by atoms with Gasteiger partial charge >= 0.3 is 5.97 Å². The van der Waals surface area contributed by atoms with E-state index in [4.69, 9.17) is 0 Å². The van der Waals surface area contributed by atoms with E-state index < -0.39 is 35.1 Å². The first-order chi connectivity index (χ1) is 9.13. The van der Waals surface area contributed by atoms with E-state index in [0.717, 1.165) is 11.0 Å². The molecule has 0 aliphatic heterocycles. The van der Waals surface area contributed by atoms with Crippen LogP contribution < -0.4 is 0 Å². The molecule has 0 bridgehead atoms. The second-order valence-corrected chi connectivity index (χ2v) is 4.96. The lowest BCUT2D eigenvalue weighted by Gasteiger charge is -2.40. The van der Waals surface area contributed by atoms with Gasteiger partial charge in [-0.25, -0.2) is 13.6 Å². The molecule has 0 radical (unpaired) electrons. The molecule has 4 nitrogen and oxygen atoms in total. The second kappa shape index (κ2) is 5.56. The van der Waals surface area contributed by atoms with Gasteiger partial charge in [-0.05, 0) is 26.8 Å². The monoisotopic (exact) mass is 285 g/mol. The zero-order chi connectivity index (χ0) is 15.7. The number of carbonyl (C=O) groups excluding carboxylic acids is 1. The molecule has 1 unspecified atom stereocenters. The van der Waals surface area contributed by atoms with E-state index in [2.05, 4.69) is 0 Å². The molecular formula is C14H17F2NO3. The smallest absolute Gasteiger partial charge is 0.334 e. The van der Waals surface area contributed by atoms with Crippen molar-refractivity contribution in [3.8, 4) is 0 Å². The number of rotatable bonds is 4. The fourth-order valence-corrected chi connectivity index (χ4v) is 2.42. The number of hydrogen-bond acceptors (Lipinski definition) is 2. The van der Waals surface area contributed by atoms with E-state index in [0.29, 0.717) is 0 Å². The highest BCUT2D eigenvalue weighted by atomic mass is 19.2. The summed E-state index contributed by atoms with van der Waals surface area (Å²) < 4.78 is 27.3. The van der Waals surface area contributed by atoms with Crippen LogP contribution in [0, 0.1) is 11.6 Å². The fraction of sp³-hybridized carbons (Fsp3) is 0.429. The Morgan fingerprint density at radius 3 is 2.25 bits per heavy atom. The third-order valence-electron chi connectivity index (χ3n) is 3.23. The van der Waals surface area contributed by atoms with E-state index in [1.54, 1.807) is 13.8 Å². The van der Waals surface area contributed by atoms with E-state index in [-0.39, 0.29) is 5.56 Å². The number of carboxylic acids is 1. The zero-order valence-corrected chi connectivity index (χ0v) is 11.8. The van der Waals surface area contributed by atoms with Crippen molar-refractivity contribution in [3.63, 3.8) is 0 Å². The lowest BCUT2D eigenvalue weighted by atomic mass is 9.88. The summed E-state index contributed by atoms with van der Waals surface area (Å²) >= 11 is 0. The molecule has 6 heteroatoms. The predicted molar refractivity (Wildman–Crippen MR) is 69.0 cm³/mol. The van der Waals surface area contributed by atoms with Gasteiger partial charge in [0.25, 0.3) is 0 Å². The number of carbonyl (C=O) groups is 2. The third kappa shape index (κ3) is 2.50. The molecule has 1 N–H and O–H groups in total. The van der Waals surface area contributed by atoms with Crippen LogP contribution in [0.3, 0.4) is 0 Å². The van der Waals surface area contributed by atoms with Crippen molar-refractivity contribution in [2.45, 2.75) is 39.3 Å². The molecule has 0 aromatic heterocycles. The fourth-order valence-electron chi connectivity index (χ4n) is 2.42. The van der Waals surface area contributed by atoms with Gasteiger partial charge in [0.2, 0.25) is 5.91 Å². The van der Waals surface area contributed by atoms with Gasteiger partial charge < -0.3 is 10.0 Å². The van der Waals surface area contributed by atoms with Crippen LogP contribution in [-0.2, 0) is 15.1 Å². The molecule has 0 heterocycles. The van der Waals surface area contributed by atoms with Crippen LogP contribution in [0.15, 0.2) is 18.2 Å². The number of halogens is 2. The molecule has 1 amide bonds. The molecular weight excluding hydrogens is 268 g/mol. The molecule has 0 spiro atoms. The number of hydrogen-bond donors (Lipinski definition) is 1. The largest absolute Gasteiger partial charge is 0.479 e. The van der Waals surface area contributed by atoms with Crippen LogP contribution in [0.5, 0.6) is 0 Å². The average molecular weight is 285 g/mol. The lowest BCUT2D eigenvalue weighted by Crippen LogP contribution is -2.55. The van der Waals surface area contributed by atoms with Crippen molar-refractivity contribution >= 4 is 11.9 Å². The van der Waals surface area contributed by atoms with Crippen LogP contribution in [0.1, 0.15) is 33.3 Å². The first kappa shape index (κ1) is 16.1. The van der Waals surface area contributed by atoms with Crippen LogP contribution >= 0.6 is 0 Å². The quantitative estimate of drug-likeness (QED) is 0.924. The summed E-state index contributed by atoms with van der Waals surface area (Å²) in [4.78, 5) is 24.4. The summed E-state index contributed by atoms with van der Waals surface area (Å²) in [7, 11) is 0. The Hall–Kier alpha value is -1.98. The maximum Gasteiger partial charge on any atom is 0.334 e. The lowest BCUT2D eigenvalue weighted by molar-refractivity contribution is -0.160. The second-order valence-electron chi connectivity index (χ2n) is 4.96. The van der Waals surface area contributed by atoms with Crippen molar-refractivity contribution in [1.82, 2.24) is 4.90 Å². The van der Waals surface area contributed by atoms with Crippen molar-refractivity contribution in [2.24, 2.45) is 0 Å². The molecule has 110 valence electrons. The Kier molecular flexibility index (Phi) is 4.47. The summed E-state index contributed by atoms with van der Waals surface area (Å²) in [6.45, 7) is 5.60. The minimum absolute atomic E-state index is 0.381. The molecule has 1 rings (SSSR count). The van der Waals surface area contributed by atoms with Gasteiger partial charge in [0.1, 0.15) is 0 Å². The topological polar surface area (TPSA) is 57.6 Å². The number of nitrogens with zero attached hydrogens (tertiary/aromatic N) is 1. The predicted octanol–water partition coefficient (Wildman–Crippen LogP) is 2.52. The molecule has 0 aliphatic rings. The average Bonchev–Trinajstić information content (AvgIpc) is 2.31. The Bertz CT molecular complexity index is 545. The number of benzene rings is 1. The van der Waals surface area contributed by atoms with Gasteiger partial charge in [0.05, 0.1) is 0 Å².